The topological polar surface area (TPSA) is 111 Å². The average Bonchev–Trinajstić information content (AvgIpc) is 3.02. The van der Waals surface area contributed by atoms with E-state index in [0.29, 0.717) is 22.0 Å². The number of rotatable bonds is 1. The van der Waals surface area contributed by atoms with E-state index in [1.54, 1.807) is 36.4 Å². The Kier molecular flexibility index (Phi) is 3.00. The third kappa shape index (κ3) is 1.75. The van der Waals surface area contributed by atoms with Gasteiger partial charge < -0.3 is 15.3 Å². The molecule has 120 valence electrons. The van der Waals surface area contributed by atoms with Gasteiger partial charge in [0.25, 0.3) is 0 Å². The zero-order chi connectivity index (χ0) is 17.0. The van der Waals surface area contributed by atoms with Crippen molar-refractivity contribution in [2.45, 2.75) is 18.8 Å². The molecule has 0 aliphatic carbocycles. The molecule has 0 amide bonds. The molecule has 0 fully saturated rings. The monoisotopic (exact) mass is 323 g/mol. The van der Waals surface area contributed by atoms with Gasteiger partial charge in [0.2, 0.25) is 5.88 Å². The lowest BCUT2D eigenvalue weighted by Gasteiger charge is -2.11. The Bertz CT molecular complexity index is 1070. The summed E-state index contributed by atoms with van der Waals surface area (Å²) in [6, 6.07) is 12.3. The van der Waals surface area contributed by atoms with Crippen molar-refractivity contribution in [1.82, 2.24) is 9.13 Å². The van der Waals surface area contributed by atoms with Gasteiger partial charge in [-0.15, -0.1) is 0 Å². The van der Waals surface area contributed by atoms with Crippen LogP contribution in [0.5, 0.6) is 5.88 Å². The van der Waals surface area contributed by atoms with Crippen LogP contribution in [-0.2, 0) is 6.54 Å². The van der Waals surface area contributed by atoms with E-state index in [-0.39, 0.29) is 12.2 Å². The zero-order valence-electron chi connectivity index (χ0n) is 12.4. The van der Waals surface area contributed by atoms with E-state index in [0.717, 1.165) is 9.13 Å². The Balaban J connectivity index is 2.06. The van der Waals surface area contributed by atoms with Gasteiger partial charge in [-0.3, -0.25) is 4.57 Å². The zero-order valence-corrected chi connectivity index (χ0v) is 12.4. The van der Waals surface area contributed by atoms with Crippen molar-refractivity contribution in [3.63, 3.8) is 0 Å². The molecule has 2 heterocycles. The molecule has 7 heteroatoms. The van der Waals surface area contributed by atoms with Gasteiger partial charge in [-0.1, -0.05) is 24.3 Å². The molecule has 0 unspecified atom stereocenters. The Morgan fingerprint density at radius 1 is 1.12 bits per heavy atom. The number of benzene rings is 2. The van der Waals surface area contributed by atoms with E-state index < -0.39 is 23.8 Å². The maximum absolute atomic E-state index is 12.7. The number of hydrogen-bond donors (Lipinski definition) is 3. The number of hydrogen-bond acceptors (Lipinski definition) is 5. The molecule has 7 nitrogen and oxygen atoms in total. The van der Waals surface area contributed by atoms with Gasteiger partial charge in [0, 0.05) is 10.8 Å². The average molecular weight is 323 g/mol. The minimum atomic E-state index is -1.32. The Labute approximate surface area is 135 Å². The minimum Gasteiger partial charge on any atom is -0.493 e. The number of nitriles is 1. The summed E-state index contributed by atoms with van der Waals surface area (Å²) < 4.78 is 2.26. The number of aromatic nitrogens is 2. The smallest absolute Gasteiger partial charge is 0.336 e. The predicted octanol–water partition coefficient (Wildman–Crippen LogP) is 0.777. The third-order valence-electron chi connectivity index (χ3n) is 4.43. The van der Waals surface area contributed by atoms with Gasteiger partial charge in [-0.25, -0.2) is 9.36 Å². The molecule has 3 N–H and O–H groups in total. The van der Waals surface area contributed by atoms with Gasteiger partial charge in [0.05, 0.1) is 23.9 Å². The van der Waals surface area contributed by atoms with Crippen LogP contribution in [0.4, 0.5) is 0 Å². The second kappa shape index (κ2) is 4.96. The first-order valence-electron chi connectivity index (χ1n) is 7.37. The van der Waals surface area contributed by atoms with Crippen LogP contribution < -0.4 is 5.69 Å². The largest absolute Gasteiger partial charge is 0.493 e. The first-order chi connectivity index (χ1) is 11.5. The van der Waals surface area contributed by atoms with Crippen LogP contribution in [-0.4, -0.2) is 30.6 Å². The summed E-state index contributed by atoms with van der Waals surface area (Å²) in [5.41, 5.74) is 0.327. The first-order valence-corrected chi connectivity index (χ1v) is 7.37. The number of imidazole rings is 1. The van der Waals surface area contributed by atoms with Crippen LogP contribution in [0, 0.1) is 11.3 Å². The van der Waals surface area contributed by atoms with Crippen LogP contribution in [0.2, 0.25) is 0 Å². The second-order valence-electron chi connectivity index (χ2n) is 5.74. The molecule has 2 atom stereocenters. The van der Waals surface area contributed by atoms with Crippen molar-refractivity contribution in [3.05, 3.63) is 58.1 Å². The Morgan fingerprint density at radius 3 is 2.50 bits per heavy atom. The van der Waals surface area contributed by atoms with E-state index >= 15 is 0 Å². The van der Waals surface area contributed by atoms with Crippen molar-refractivity contribution in [1.29, 1.82) is 5.26 Å². The molecule has 0 saturated heterocycles. The fourth-order valence-corrected chi connectivity index (χ4v) is 3.28. The summed E-state index contributed by atoms with van der Waals surface area (Å²) in [5, 5.41) is 40.7. The SMILES string of the molecule is N#Cc1ccc(-n2c(O)c3n(c2=O)C[C@H](O)[C@@H]3O)c2ccccc12. The van der Waals surface area contributed by atoms with E-state index in [2.05, 4.69) is 6.07 Å². The van der Waals surface area contributed by atoms with Crippen molar-refractivity contribution >= 4 is 10.8 Å². The molecule has 2 aromatic carbocycles. The fourth-order valence-electron chi connectivity index (χ4n) is 3.28. The lowest BCUT2D eigenvalue weighted by atomic mass is 10.0. The molecule has 0 radical (unpaired) electrons. The molecular weight excluding hydrogens is 310 g/mol. The maximum atomic E-state index is 12.7. The Morgan fingerprint density at radius 2 is 1.83 bits per heavy atom. The van der Waals surface area contributed by atoms with E-state index in [4.69, 9.17) is 0 Å². The van der Waals surface area contributed by atoms with Gasteiger partial charge in [-0.05, 0) is 12.1 Å². The highest BCUT2D eigenvalue weighted by Crippen LogP contribution is 2.35. The lowest BCUT2D eigenvalue weighted by Crippen LogP contribution is -2.25. The quantitative estimate of drug-likeness (QED) is 0.613. The highest BCUT2D eigenvalue weighted by molar-refractivity contribution is 5.94. The summed E-state index contributed by atoms with van der Waals surface area (Å²) in [6.07, 6.45) is -2.44. The molecule has 1 aromatic heterocycles. The summed E-state index contributed by atoms with van der Waals surface area (Å²) in [7, 11) is 0. The van der Waals surface area contributed by atoms with Gasteiger partial charge in [0.15, 0.2) is 0 Å². The van der Waals surface area contributed by atoms with Crippen LogP contribution in [0.1, 0.15) is 17.4 Å². The second-order valence-corrected chi connectivity index (χ2v) is 5.74. The number of aromatic hydroxyl groups is 1. The van der Waals surface area contributed by atoms with Gasteiger partial charge >= 0.3 is 5.69 Å². The van der Waals surface area contributed by atoms with Crippen LogP contribution >= 0.6 is 0 Å². The summed E-state index contributed by atoms with van der Waals surface area (Å²) in [6.45, 7) is -0.0793. The molecule has 0 bridgehead atoms. The summed E-state index contributed by atoms with van der Waals surface area (Å²) in [4.78, 5) is 12.7. The summed E-state index contributed by atoms with van der Waals surface area (Å²) >= 11 is 0. The van der Waals surface area contributed by atoms with Crippen molar-refractivity contribution in [2.24, 2.45) is 0 Å². The molecule has 1 aliphatic rings. The maximum Gasteiger partial charge on any atom is 0.336 e. The number of fused-ring (bicyclic) bond motifs is 2. The normalized spacial score (nSPS) is 19.4. The number of aliphatic hydroxyl groups is 2. The predicted molar refractivity (Wildman–Crippen MR) is 84.9 cm³/mol. The van der Waals surface area contributed by atoms with Crippen LogP contribution in [0.15, 0.2) is 41.2 Å². The lowest BCUT2D eigenvalue weighted by molar-refractivity contribution is 0.0289. The number of nitrogens with zero attached hydrogens (tertiary/aromatic N) is 3. The van der Waals surface area contributed by atoms with Crippen molar-refractivity contribution in [3.8, 4) is 17.6 Å². The van der Waals surface area contributed by atoms with E-state index in [1.807, 2.05) is 0 Å². The molecule has 0 spiro atoms. The molecule has 24 heavy (non-hydrogen) atoms. The van der Waals surface area contributed by atoms with Crippen LogP contribution in [0.25, 0.3) is 16.5 Å². The van der Waals surface area contributed by atoms with E-state index in [9.17, 15) is 25.4 Å². The van der Waals surface area contributed by atoms with Crippen molar-refractivity contribution < 1.29 is 15.3 Å². The van der Waals surface area contributed by atoms with Crippen LogP contribution in [0.3, 0.4) is 0 Å². The standard InChI is InChI=1S/C17H13N3O4/c18-7-9-5-6-12(11-4-2-1-3-10(9)11)20-16(23)14-15(22)13(21)8-19(14)17(20)24/h1-6,13,15,21-23H,8H2/t13-,15-/m0/s1. The van der Waals surface area contributed by atoms with Gasteiger partial charge in [-0.2, -0.15) is 5.26 Å². The highest BCUT2D eigenvalue weighted by atomic mass is 16.3. The van der Waals surface area contributed by atoms with E-state index in [1.165, 1.54) is 0 Å². The molecule has 4 rings (SSSR count). The number of aliphatic hydroxyl groups excluding tert-OH is 2. The highest BCUT2D eigenvalue weighted by Gasteiger charge is 2.37. The minimum absolute atomic E-state index is 0.000871. The third-order valence-corrected chi connectivity index (χ3v) is 4.43. The summed E-state index contributed by atoms with van der Waals surface area (Å²) in [5.74, 6) is -0.404. The Hall–Kier alpha value is -3.08. The molecule has 1 aliphatic heterocycles. The molecule has 3 aromatic rings. The fraction of sp³-hybridized carbons (Fsp3) is 0.176. The molecular formula is C17H13N3O4. The van der Waals surface area contributed by atoms with Crippen molar-refractivity contribution in [2.75, 3.05) is 0 Å². The first kappa shape index (κ1) is 14.5. The van der Waals surface area contributed by atoms with Gasteiger partial charge in [0.1, 0.15) is 17.9 Å². The molecule has 0 saturated carbocycles.